The first-order chi connectivity index (χ1) is 13.3. The summed E-state index contributed by atoms with van der Waals surface area (Å²) in [5.74, 6) is -0.760. The number of aliphatic carboxylic acids is 1. The molecule has 0 radical (unpaired) electrons. The molecule has 7 heteroatoms. The highest BCUT2D eigenvalue weighted by Gasteiger charge is 2.18. The van der Waals surface area contributed by atoms with Crippen LogP contribution in [0.5, 0.6) is 5.75 Å². The fourth-order valence-electron chi connectivity index (χ4n) is 2.95. The van der Waals surface area contributed by atoms with Crippen molar-refractivity contribution < 1.29 is 23.8 Å². The van der Waals surface area contributed by atoms with Gasteiger partial charge in [0.15, 0.2) is 6.10 Å². The molecule has 1 aromatic heterocycles. The molecular weight excluding hydrogens is 362 g/mol. The second-order valence-electron chi connectivity index (χ2n) is 6.81. The molecule has 1 heterocycles. The van der Waals surface area contributed by atoms with Crippen LogP contribution >= 0.6 is 0 Å². The largest absolute Gasteiger partial charge is 0.481 e. The van der Waals surface area contributed by atoms with Crippen molar-refractivity contribution in [3.63, 3.8) is 0 Å². The van der Waals surface area contributed by atoms with Crippen LogP contribution in [-0.2, 0) is 16.0 Å². The van der Waals surface area contributed by atoms with Crippen LogP contribution < -0.4 is 15.7 Å². The van der Waals surface area contributed by atoms with Gasteiger partial charge in [0.25, 0.3) is 5.91 Å². The van der Waals surface area contributed by atoms with Crippen LogP contribution in [0.3, 0.4) is 0 Å². The van der Waals surface area contributed by atoms with Crippen LogP contribution in [0.4, 0.5) is 0 Å². The standard InChI is InChI=1S/C21H27NO6/c1-4-5-7-15-12-19(25)28-20-13(2)17(10-9-16(15)20)27-14(3)21(26)22-11-6-8-18(23)24/h9-10,12,14H,4-8,11H2,1-3H3,(H,22,26)(H,23,24)/t14-/m1/s1. The molecule has 1 atom stereocenters. The number of ether oxygens (including phenoxy) is 1. The molecule has 2 N–H and O–H groups in total. The first kappa shape index (κ1) is 21.5. The number of rotatable bonds is 10. The molecule has 0 spiro atoms. The molecular formula is C21H27NO6. The lowest BCUT2D eigenvalue weighted by Crippen LogP contribution is -2.37. The third kappa shape index (κ3) is 5.58. The Morgan fingerprint density at radius 1 is 1.29 bits per heavy atom. The number of benzene rings is 1. The van der Waals surface area contributed by atoms with E-state index in [4.69, 9.17) is 14.3 Å². The number of unbranched alkanes of at least 4 members (excludes halogenated alkanes) is 1. The summed E-state index contributed by atoms with van der Waals surface area (Å²) in [6.45, 7) is 5.77. The molecule has 0 bridgehead atoms. The van der Waals surface area contributed by atoms with Crippen LogP contribution in [0.2, 0.25) is 0 Å². The third-order valence-electron chi connectivity index (χ3n) is 4.54. The topological polar surface area (TPSA) is 106 Å². The Morgan fingerprint density at radius 3 is 2.71 bits per heavy atom. The van der Waals surface area contributed by atoms with E-state index in [2.05, 4.69) is 12.2 Å². The molecule has 0 saturated heterocycles. The smallest absolute Gasteiger partial charge is 0.336 e. The Morgan fingerprint density at radius 2 is 2.04 bits per heavy atom. The van der Waals surface area contributed by atoms with Gasteiger partial charge in [0.2, 0.25) is 0 Å². The maximum atomic E-state index is 12.1. The highest BCUT2D eigenvalue weighted by atomic mass is 16.5. The minimum atomic E-state index is -0.898. The number of hydrogen-bond acceptors (Lipinski definition) is 5. The number of hydrogen-bond donors (Lipinski definition) is 2. The summed E-state index contributed by atoms with van der Waals surface area (Å²) in [5, 5.41) is 12.2. The van der Waals surface area contributed by atoms with Gasteiger partial charge >= 0.3 is 11.6 Å². The fraction of sp³-hybridized carbons (Fsp3) is 0.476. The number of aryl methyl sites for hydroxylation is 2. The van der Waals surface area contributed by atoms with Crippen LogP contribution in [-0.4, -0.2) is 29.6 Å². The van der Waals surface area contributed by atoms with E-state index < -0.39 is 17.7 Å². The summed E-state index contributed by atoms with van der Waals surface area (Å²) in [6, 6.07) is 5.16. The Hall–Kier alpha value is -2.83. The number of carbonyl (C=O) groups is 2. The van der Waals surface area contributed by atoms with Gasteiger partial charge in [-0.3, -0.25) is 9.59 Å². The number of nitrogens with one attached hydrogen (secondary N) is 1. The van der Waals surface area contributed by atoms with E-state index in [9.17, 15) is 14.4 Å². The van der Waals surface area contributed by atoms with Crippen LogP contribution in [0.1, 0.15) is 50.7 Å². The van der Waals surface area contributed by atoms with Crippen molar-refractivity contribution in [2.24, 2.45) is 0 Å². The second kappa shape index (κ2) is 9.92. The van der Waals surface area contributed by atoms with Crippen molar-refractivity contribution in [3.05, 3.63) is 39.7 Å². The second-order valence-corrected chi connectivity index (χ2v) is 6.81. The van der Waals surface area contributed by atoms with Gasteiger partial charge in [-0.15, -0.1) is 0 Å². The van der Waals surface area contributed by atoms with Gasteiger partial charge in [-0.05, 0) is 50.8 Å². The summed E-state index contributed by atoms with van der Waals surface area (Å²) < 4.78 is 11.2. The maximum Gasteiger partial charge on any atom is 0.336 e. The molecule has 0 saturated carbocycles. The van der Waals surface area contributed by atoms with E-state index in [0.29, 0.717) is 23.3 Å². The average molecular weight is 389 g/mol. The molecule has 0 fully saturated rings. The van der Waals surface area contributed by atoms with Crippen molar-refractivity contribution in [3.8, 4) is 5.75 Å². The monoisotopic (exact) mass is 389 g/mol. The molecule has 0 aliphatic heterocycles. The fourth-order valence-corrected chi connectivity index (χ4v) is 2.95. The highest BCUT2D eigenvalue weighted by molar-refractivity contribution is 5.85. The van der Waals surface area contributed by atoms with E-state index in [1.165, 1.54) is 6.07 Å². The molecule has 1 aromatic carbocycles. The lowest BCUT2D eigenvalue weighted by molar-refractivity contribution is -0.137. The van der Waals surface area contributed by atoms with Gasteiger partial charge < -0.3 is 19.6 Å². The van der Waals surface area contributed by atoms with E-state index >= 15 is 0 Å². The third-order valence-corrected chi connectivity index (χ3v) is 4.54. The first-order valence-electron chi connectivity index (χ1n) is 9.56. The maximum absolute atomic E-state index is 12.1. The van der Waals surface area contributed by atoms with E-state index in [-0.39, 0.29) is 18.9 Å². The normalized spacial score (nSPS) is 12.0. The number of carbonyl (C=O) groups excluding carboxylic acids is 1. The minimum Gasteiger partial charge on any atom is -0.481 e. The van der Waals surface area contributed by atoms with Gasteiger partial charge in [0.1, 0.15) is 11.3 Å². The number of carboxylic acids is 1. The molecule has 28 heavy (non-hydrogen) atoms. The number of fused-ring (bicyclic) bond motifs is 1. The Labute approximate surface area is 163 Å². The van der Waals surface area contributed by atoms with Gasteiger partial charge in [-0.2, -0.15) is 0 Å². The van der Waals surface area contributed by atoms with Gasteiger partial charge in [0.05, 0.1) is 0 Å². The number of amides is 1. The molecule has 0 aliphatic carbocycles. The Kier molecular flexibility index (Phi) is 7.61. The lowest BCUT2D eigenvalue weighted by Gasteiger charge is -2.17. The lowest BCUT2D eigenvalue weighted by atomic mass is 10.0. The summed E-state index contributed by atoms with van der Waals surface area (Å²) in [7, 11) is 0. The SMILES string of the molecule is CCCCc1cc(=O)oc2c(C)c(O[C@H](C)C(=O)NCCCC(=O)O)ccc12. The zero-order valence-corrected chi connectivity index (χ0v) is 16.5. The van der Waals surface area contributed by atoms with Crippen molar-refractivity contribution in [1.82, 2.24) is 5.32 Å². The summed E-state index contributed by atoms with van der Waals surface area (Å²) in [6.07, 6.45) is 2.40. The Bertz CT molecular complexity index is 902. The van der Waals surface area contributed by atoms with Crippen molar-refractivity contribution >= 4 is 22.8 Å². The summed E-state index contributed by atoms with van der Waals surface area (Å²) >= 11 is 0. The van der Waals surface area contributed by atoms with Crippen LogP contribution in [0.25, 0.3) is 11.0 Å². The molecule has 1 amide bonds. The van der Waals surface area contributed by atoms with Crippen molar-refractivity contribution in [2.75, 3.05) is 6.54 Å². The van der Waals surface area contributed by atoms with E-state index in [0.717, 1.165) is 30.2 Å². The summed E-state index contributed by atoms with van der Waals surface area (Å²) in [5.41, 5.74) is 1.69. The predicted molar refractivity (Wildman–Crippen MR) is 106 cm³/mol. The average Bonchev–Trinajstić information content (AvgIpc) is 2.65. The minimum absolute atomic E-state index is 0.00129. The van der Waals surface area contributed by atoms with Gasteiger partial charge in [-0.25, -0.2) is 4.79 Å². The van der Waals surface area contributed by atoms with Crippen LogP contribution in [0, 0.1) is 6.92 Å². The zero-order chi connectivity index (χ0) is 20.7. The predicted octanol–water partition coefficient (Wildman–Crippen LogP) is 3.19. The quantitative estimate of drug-likeness (QED) is 0.477. The van der Waals surface area contributed by atoms with Crippen molar-refractivity contribution in [1.29, 1.82) is 0 Å². The number of carboxylic acid groups (broad SMARTS) is 1. The molecule has 152 valence electrons. The molecule has 0 aliphatic rings. The van der Waals surface area contributed by atoms with Gasteiger partial charge in [-0.1, -0.05) is 13.3 Å². The summed E-state index contributed by atoms with van der Waals surface area (Å²) in [4.78, 5) is 34.6. The molecule has 7 nitrogen and oxygen atoms in total. The molecule has 2 rings (SSSR count). The molecule has 0 unspecified atom stereocenters. The van der Waals surface area contributed by atoms with Crippen molar-refractivity contribution in [2.45, 2.75) is 59.0 Å². The zero-order valence-electron chi connectivity index (χ0n) is 16.5. The first-order valence-corrected chi connectivity index (χ1v) is 9.56. The van der Waals surface area contributed by atoms with Crippen LogP contribution in [0.15, 0.2) is 27.4 Å². The highest BCUT2D eigenvalue weighted by Crippen LogP contribution is 2.29. The molecule has 2 aromatic rings. The van der Waals surface area contributed by atoms with Gasteiger partial charge in [0, 0.05) is 30.0 Å². The van der Waals surface area contributed by atoms with E-state index in [1.54, 1.807) is 19.9 Å². The Balaban J connectivity index is 2.14. The van der Waals surface area contributed by atoms with E-state index in [1.807, 2.05) is 6.07 Å².